The van der Waals surface area contributed by atoms with Crippen molar-refractivity contribution in [1.29, 1.82) is 0 Å². The average Bonchev–Trinajstić information content (AvgIpc) is 3.30. The molecule has 2 aromatic rings. The van der Waals surface area contributed by atoms with E-state index in [9.17, 15) is 19.0 Å². The minimum absolute atomic E-state index is 0.140. The number of fused-ring (bicyclic) bond motifs is 1. The Morgan fingerprint density at radius 2 is 1.72 bits per heavy atom. The van der Waals surface area contributed by atoms with Gasteiger partial charge in [-0.2, -0.15) is 4.39 Å². The van der Waals surface area contributed by atoms with Crippen LogP contribution in [0.4, 0.5) is 8.78 Å². The first-order valence-electron chi connectivity index (χ1n) is 10.1. The van der Waals surface area contributed by atoms with Gasteiger partial charge < -0.3 is 15.3 Å². The zero-order valence-electron chi connectivity index (χ0n) is 16.9. The predicted octanol–water partition coefficient (Wildman–Crippen LogP) is 4.25. The number of benzene rings is 1. The van der Waals surface area contributed by atoms with Crippen LogP contribution in [0.3, 0.4) is 0 Å². The summed E-state index contributed by atoms with van der Waals surface area (Å²) in [5.74, 6) is -1.04. The highest BCUT2D eigenvalue weighted by molar-refractivity contribution is 5.23. The van der Waals surface area contributed by atoms with Gasteiger partial charge in [-0.05, 0) is 48.9 Å². The van der Waals surface area contributed by atoms with Gasteiger partial charge in [0.05, 0.1) is 11.9 Å². The Morgan fingerprint density at radius 1 is 1.07 bits per heavy atom. The molecule has 1 aromatic heterocycles. The molecular formula is C22H30F2N2O3. The Bertz CT molecular complexity index is 726. The monoisotopic (exact) mass is 408 g/mol. The van der Waals surface area contributed by atoms with Gasteiger partial charge in [-0.3, -0.25) is 9.88 Å². The number of phenolic OH excluding ortho intramolecular Hbond substituents is 1. The molecular weight excluding hydrogens is 378 g/mol. The fourth-order valence-electron chi connectivity index (χ4n) is 3.91. The molecule has 160 valence electrons. The fourth-order valence-corrected chi connectivity index (χ4v) is 3.91. The van der Waals surface area contributed by atoms with Gasteiger partial charge in [0.1, 0.15) is 11.9 Å². The van der Waals surface area contributed by atoms with E-state index in [1.54, 1.807) is 12.1 Å². The normalized spacial score (nSPS) is 21.4. The predicted molar refractivity (Wildman–Crippen MR) is 108 cm³/mol. The summed E-state index contributed by atoms with van der Waals surface area (Å²) in [6.45, 7) is 6.91. The number of rotatable bonds is 3. The Hall–Kier alpha value is -2.25. The Kier molecular flexibility index (Phi) is 8.79. The summed E-state index contributed by atoms with van der Waals surface area (Å²) in [5, 5.41) is 27.8. The van der Waals surface area contributed by atoms with Gasteiger partial charge in [-0.1, -0.05) is 26.3 Å². The summed E-state index contributed by atoms with van der Waals surface area (Å²) >= 11 is 0. The van der Waals surface area contributed by atoms with Crippen molar-refractivity contribution in [1.82, 2.24) is 9.88 Å². The number of nitrogens with zero attached hydrogens (tertiary/aromatic N) is 2. The summed E-state index contributed by atoms with van der Waals surface area (Å²) in [6.07, 6.45) is 4.93. The van der Waals surface area contributed by atoms with Gasteiger partial charge in [0.15, 0.2) is 17.4 Å². The Labute approximate surface area is 170 Å². The van der Waals surface area contributed by atoms with E-state index < -0.39 is 23.5 Å². The van der Waals surface area contributed by atoms with Crippen LogP contribution in [0.15, 0.2) is 36.5 Å². The van der Waals surface area contributed by atoms with E-state index in [1.807, 2.05) is 13.8 Å². The topological polar surface area (TPSA) is 76.8 Å². The van der Waals surface area contributed by atoms with E-state index in [4.69, 9.17) is 5.11 Å². The van der Waals surface area contributed by atoms with Gasteiger partial charge in [0, 0.05) is 19.6 Å². The van der Waals surface area contributed by atoms with E-state index in [-0.39, 0.29) is 5.75 Å². The number of hydrogen-bond donors (Lipinski definition) is 3. The summed E-state index contributed by atoms with van der Waals surface area (Å²) in [7, 11) is 0. The molecule has 2 fully saturated rings. The average molecular weight is 408 g/mol. The van der Waals surface area contributed by atoms with Crippen molar-refractivity contribution >= 4 is 0 Å². The number of likely N-dealkylation sites (tertiary alicyclic amines) is 1. The third-order valence-corrected chi connectivity index (χ3v) is 5.28. The van der Waals surface area contributed by atoms with Gasteiger partial charge in [-0.25, -0.2) is 4.39 Å². The number of halogens is 2. The second kappa shape index (κ2) is 11.1. The lowest BCUT2D eigenvalue weighted by molar-refractivity contribution is 0.118. The molecule has 29 heavy (non-hydrogen) atoms. The molecule has 1 aliphatic heterocycles. The van der Waals surface area contributed by atoms with Gasteiger partial charge >= 0.3 is 0 Å². The number of phenols is 1. The second-order valence-corrected chi connectivity index (χ2v) is 7.20. The molecule has 7 heteroatoms. The highest BCUT2D eigenvalue weighted by Crippen LogP contribution is 2.38. The smallest absolute Gasteiger partial charge is 0.200 e. The lowest BCUT2D eigenvalue weighted by Crippen LogP contribution is -2.27. The number of aliphatic hydroxyl groups is 1. The van der Waals surface area contributed by atoms with Crippen LogP contribution in [0.25, 0.3) is 0 Å². The molecule has 1 saturated heterocycles. The van der Waals surface area contributed by atoms with Gasteiger partial charge in [0.2, 0.25) is 0 Å². The number of aliphatic hydroxyl groups excluding tert-OH is 1. The van der Waals surface area contributed by atoms with Gasteiger partial charge in [0.25, 0.3) is 0 Å². The SMILES string of the molecule is CC.Oc1ccc(C(O)CN2C[C@H]3CCC[C@H]3C2)nc1.Oc1cccc(F)c1F. The molecule has 4 rings (SSSR count). The van der Waals surface area contributed by atoms with Crippen molar-refractivity contribution in [2.75, 3.05) is 19.6 Å². The van der Waals surface area contributed by atoms with Crippen molar-refractivity contribution in [3.63, 3.8) is 0 Å². The van der Waals surface area contributed by atoms with Crippen LogP contribution < -0.4 is 0 Å². The first-order valence-corrected chi connectivity index (χ1v) is 10.1. The van der Waals surface area contributed by atoms with Gasteiger partial charge in [-0.15, -0.1) is 0 Å². The van der Waals surface area contributed by atoms with Crippen LogP contribution in [0.5, 0.6) is 11.5 Å². The van der Waals surface area contributed by atoms with Crippen LogP contribution in [0, 0.1) is 23.5 Å². The second-order valence-electron chi connectivity index (χ2n) is 7.20. The largest absolute Gasteiger partial charge is 0.506 e. The maximum Gasteiger partial charge on any atom is 0.200 e. The van der Waals surface area contributed by atoms with E-state index in [0.717, 1.165) is 37.1 Å². The molecule has 3 N–H and O–H groups in total. The Balaban J connectivity index is 0.000000231. The standard InChI is InChI=1S/C14H20N2O2.C6H4F2O.C2H6/c17-12-4-5-13(15-6-12)14(18)9-16-7-10-2-1-3-11(10)8-16;7-4-2-1-3-5(9)6(4)8;1-2/h4-6,10-11,14,17-18H,1-3,7-9H2;1-3,9H;1-2H3/t10-,11+,14?;;. The lowest BCUT2D eigenvalue weighted by Gasteiger charge is -2.20. The quantitative estimate of drug-likeness (QED) is 0.708. The van der Waals surface area contributed by atoms with E-state index in [1.165, 1.54) is 31.5 Å². The number of pyridine rings is 1. The van der Waals surface area contributed by atoms with Crippen molar-refractivity contribution in [3.8, 4) is 11.5 Å². The Morgan fingerprint density at radius 3 is 2.24 bits per heavy atom. The maximum absolute atomic E-state index is 12.1. The number of aromatic hydroxyl groups is 2. The lowest BCUT2D eigenvalue weighted by atomic mass is 10.0. The van der Waals surface area contributed by atoms with E-state index in [2.05, 4.69) is 9.88 Å². The van der Waals surface area contributed by atoms with Crippen molar-refractivity contribution < 1.29 is 24.1 Å². The third-order valence-electron chi connectivity index (χ3n) is 5.28. The molecule has 1 aromatic carbocycles. The maximum atomic E-state index is 12.1. The van der Waals surface area contributed by atoms with Crippen LogP contribution in [0.1, 0.15) is 44.9 Å². The molecule has 0 amide bonds. The summed E-state index contributed by atoms with van der Waals surface area (Å²) < 4.78 is 24.2. The molecule has 3 atom stereocenters. The number of aromatic nitrogens is 1. The first kappa shape index (κ1) is 23.0. The molecule has 2 aliphatic rings. The molecule has 0 spiro atoms. The number of β-amino-alcohol motifs (C(OH)–C–C–N with tert-alkyl or cyclic N) is 1. The van der Waals surface area contributed by atoms with Crippen LogP contribution in [0.2, 0.25) is 0 Å². The first-order chi connectivity index (χ1) is 13.9. The van der Waals surface area contributed by atoms with Crippen molar-refractivity contribution in [2.45, 2.75) is 39.2 Å². The molecule has 0 radical (unpaired) electrons. The molecule has 1 unspecified atom stereocenters. The summed E-state index contributed by atoms with van der Waals surface area (Å²) in [5.41, 5.74) is 0.643. The molecule has 1 saturated carbocycles. The molecule has 5 nitrogen and oxygen atoms in total. The highest BCUT2D eigenvalue weighted by Gasteiger charge is 2.36. The van der Waals surface area contributed by atoms with Crippen LogP contribution >= 0.6 is 0 Å². The molecule has 0 bridgehead atoms. The summed E-state index contributed by atoms with van der Waals surface area (Å²) in [6, 6.07) is 6.52. The van der Waals surface area contributed by atoms with Crippen molar-refractivity contribution in [2.24, 2.45) is 11.8 Å². The fraction of sp³-hybridized carbons (Fsp3) is 0.500. The number of hydrogen-bond acceptors (Lipinski definition) is 5. The van der Waals surface area contributed by atoms with Crippen molar-refractivity contribution in [3.05, 3.63) is 53.9 Å². The highest BCUT2D eigenvalue weighted by atomic mass is 19.2. The van der Waals surface area contributed by atoms with E-state index >= 15 is 0 Å². The summed E-state index contributed by atoms with van der Waals surface area (Å²) in [4.78, 5) is 6.42. The van der Waals surface area contributed by atoms with Crippen LogP contribution in [-0.4, -0.2) is 44.8 Å². The minimum Gasteiger partial charge on any atom is -0.506 e. The van der Waals surface area contributed by atoms with Crippen LogP contribution in [-0.2, 0) is 0 Å². The zero-order valence-corrected chi connectivity index (χ0v) is 16.9. The molecule has 2 heterocycles. The zero-order chi connectivity index (χ0) is 21.4. The third kappa shape index (κ3) is 6.37. The minimum atomic E-state index is -1.20. The van der Waals surface area contributed by atoms with E-state index in [0.29, 0.717) is 12.2 Å². The molecule has 1 aliphatic carbocycles.